The SMILES string of the molecule is NC(=O)NC(=O)CNCc1ccc(O)cc1. The highest BCUT2D eigenvalue weighted by molar-refractivity contribution is 5.94. The van der Waals surface area contributed by atoms with E-state index in [0.29, 0.717) is 6.54 Å². The largest absolute Gasteiger partial charge is 0.508 e. The number of urea groups is 1. The van der Waals surface area contributed by atoms with Crippen LogP contribution in [-0.4, -0.2) is 23.6 Å². The predicted molar refractivity (Wildman–Crippen MR) is 57.5 cm³/mol. The highest BCUT2D eigenvalue weighted by atomic mass is 16.3. The molecule has 0 radical (unpaired) electrons. The van der Waals surface area contributed by atoms with Gasteiger partial charge in [-0.2, -0.15) is 0 Å². The summed E-state index contributed by atoms with van der Waals surface area (Å²) in [7, 11) is 0. The van der Waals surface area contributed by atoms with Gasteiger partial charge in [0.1, 0.15) is 5.75 Å². The number of hydrogen-bond acceptors (Lipinski definition) is 4. The van der Waals surface area contributed by atoms with Crippen molar-refractivity contribution in [2.45, 2.75) is 6.54 Å². The van der Waals surface area contributed by atoms with Crippen molar-refractivity contribution in [3.63, 3.8) is 0 Å². The van der Waals surface area contributed by atoms with Crippen LogP contribution < -0.4 is 16.4 Å². The van der Waals surface area contributed by atoms with Crippen LogP contribution in [0.15, 0.2) is 24.3 Å². The van der Waals surface area contributed by atoms with E-state index in [0.717, 1.165) is 5.56 Å². The van der Waals surface area contributed by atoms with Crippen LogP contribution >= 0.6 is 0 Å². The molecule has 0 aliphatic carbocycles. The number of nitrogens with one attached hydrogen (secondary N) is 2. The molecule has 0 heterocycles. The molecular formula is C10H13N3O3. The summed E-state index contributed by atoms with van der Waals surface area (Å²) in [5, 5.41) is 13.8. The van der Waals surface area contributed by atoms with Crippen LogP contribution in [0.5, 0.6) is 5.75 Å². The van der Waals surface area contributed by atoms with Gasteiger partial charge in [0.25, 0.3) is 0 Å². The molecule has 0 aliphatic rings. The van der Waals surface area contributed by atoms with Gasteiger partial charge in [-0.25, -0.2) is 4.79 Å². The molecular weight excluding hydrogens is 210 g/mol. The van der Waals surface area contributed by atoms with Gasteiger partial charge in [-0.15, -0.1) is 0 Å². The second kappa shape index (κ2) is 5.72. The quantitative estimate of drug-likeness (QED) is 0.561. The van der Waals surface area contributed by atoms with E-state index in [1.165, 1.54) is 0 Å². The number of benzene rings is 1. The van der Waals surface area contributed by atoms with Gasteiger partial charge >= 0.3 is 6.03 Å². The summed E-state index contributed by atoms with van der Waals surface area (Å²) in [6.45, 7) is 0.469. The highest BCUT2D eigenvalue weighted by Gasteiger charge is 2.02. The summed E-state index contributed by atoms with van der Waals surface area (Å²) in [5.41, 5.74) is 5.69. The molecule has 3 amide bonds. The minimum atomic E-state index is -0.864. The normalized spacial score (nSPS) is 9.75. The van der Waals surface area contributed by atoms with Gasteiger partial charge in [0, 0.05) is 6.54 Å². The Morgan fingerprint density at radius 2 is 1.88 bits per heavy atom. The number of hydrogen-bond donors (Lipinski definition) is 4. The molecule has 0 atom stereocenters. The van der Waals surface area contributed by atoms with Crippen LogP contribution in [0.25, 0.3) is 0 Å². The lowest BCUT2D eigenvalue weighted by Crippen LogP contribution is -2.40. The van der Waals surface area contributed by atoms with E-state index in [1.807, 2.05) is 5.32 Å². The Bertz CT molecular complexity index is 375. The summed E-state index contributed by atoms with van der Waals surface area (Å²) in [6.07, 6.45) is 0. The summed E-state index contributed by atoms with van der Waals surface area (Å²) in [5.74, 6) is -0.290. The zero-order valence-electron chi connectivity index (χ0n) is 8.56. The summed E-state index contributed by atoms with van der Waals surface area (Å²) >= 11 is 0. The molecule has 0 aliphatic heterocycles. The first-order valence-electron chi connectivity index (χ1n) is 4.66. The Morgan fingerprint density at radius 3 is 2.44 bits per heavy atom. The Kier molecular flexibility index (Phi) is 4.28. The van der Waals surface area contributed by atoms with E-state index in [4.69, 9.17) is 10.8 Å². The fourth-order valence-corrected chi connectivity index (χ4v) is 1.12. The molecule has 6 nitrogen and oxygen atoms in total. The number of primary amides is 1. The predicted octanol–water partition coefficient (Wildman–Crippen LogP) is -0.323. The first kappa shape index (κ1) is 12.0. The number of imide groups is 1. The first-order valence-corrected chi connectivity index (χ1v) is 4.66. The van der Waals surface area contributed by atoms with E-state index in [1.54, 1.807) is 24.3 Å². The van der Waals surface area contributed by atoms with Gasteiger partial charge in [0.05, 0.1) is 6.54 Å². The molecule has 1 rings (SSSR count). The van der Waals surface area contributed by atoms with Gasteiger partial charge in [0.2, 0.25) is 5.91 Å². The average Bonchev–Trinajstić information content (AvgIpc) is 2.20. The van der Waals surface area contributed by atoms with Crippen molar-refractivity contribution in [2.24, 2.45) is 5.73 Å². The van der Waals surface area contributed by atoms with Crippen LogP contribution in [0.4, 0.5) is 4.79 Å². The lowest BCUT2D eigenvalue weighted by molar-refractivity contribution is -0.119. The molecule has 1 aromatic rings. The second-order valence-corrected chi connectivity index (χ2v) is 3.18. The van der Waals surface area contributed by atoms with Crippen LogP contribution in [0, 0.1) is 0 Å². The topological polar surface area (TPSA) is 104 Å². The van der Waals surface area contributed by atoms with E-state index >= 15 is 0 Å². The van der Waals surface area contributed by atoms with E-state index in [9.17, 15) is 9.59 Å². The zero-order valence-corrected chi connectivity index (χ0v) is 8.56. The number of aromatic hydroxyl groups is 1. The maximum Gasteiger partial charge on any atom is 0.318 e. The smallest absolute Gasteiger partial charge is 0.318 e. The Balaban J connectivity index is 2.28. The molecule has 16 heavy (non-hydrogen) atoms. The Hall–Kier alpha value is -2.08. The van der Waals surface area contributed by atoms with Gasteiger partial charge in [-0.05, 0) is 17.7 Å². The summed E-state index contributed by atoms with van der Waals surface area (Å²) in [4.78, 5) is 21.3. The lowest BCUT2D eigenvalue weighted by Gasteiger charge is -2.04. The minimum Gasteiger partial charge on any atom is -0.508 e. The third-order valence-electron chi connectivity index (χ3n) is 1.81. The summed E-state index contributed by atoms with van der Waals surface area (Å²) in [6, 6.07) is 5.71. The van der Waals surface area contributed by atoms with E-state index in [2.05, 4.69) is 5.32 Å². The van der Waals surface area contributed by atoms with Crippen molar-refractivity contribution >= 4 is 11.9 Å². The number of nitrogens with two attached hydrogens (primary N) is 1. The van der Waals surface area contributed by atoms with Crippen LogP contribution in [0.1, 0.15) is 5.56 Å². The molecule has 0 saturated heterocycles. The van der Waals surface area contributed by atoms with E-state index < -0.39 is 11.9 Å². The van der Waals surface area contributed by atoms with Crippen molar-refractivity contribution in [3.8, 4) is 5.75 Å². The molecule has 0 fully saturated rings. The highest BCUT2D eigenvalue weighted by Crippen LogP contribution is 2.08. The fraction of sp³-hybridized carbons (Fsp3) is 0.200. The minimum absolute atomic E-state index is 0.00379. The summed E-state index contributed by atoms with van der Waals surface area (Å²) < 4.78 is 0. The lowest BCUT2D eigenvalue weighted by atomic mass is 10.2. The molecule has 86 valence electrons. The van der Waals surface area contributed by atoms with Gasteiger partial charge < -0.3 is 16.2 Å². The second-order valence-electron chi connectivity index (χ2n) is 3.18. The number of amides is 3. The Labute approximate surface area is 92.4 Å². The Morgan fingerprint density at radius 1 is 1.25 bits per heavy atom. The molecule has 1 aromatic carbocycles. The molecule has 5 N–H and O–H groups in total. The first-order chi connectivity index (χ1) is 7.58. The van der Waals surface area contributed by atoms with Gasteiger partial charge in [0.15, 0.2) is 0 Å². The third kappa shape index (κ3) is 4.43. The van der Waals surface area contributed by atoms with Crippen LogP contribution in [0.2, 0.25) is 0 Å². The number of carbonyl (C=O) groups excluding carboxylic acids is 2. The maximum absolute atomic E-state index is 11.0. The van der Waals surface area contributed by atoms with Crippen LogP contribution in [0.3, 0.4) is 0 Å². The molecule has 0 saturated carbocycles. The number of rotatable bonds is 4. The third-order valence-corrected chi connectivity index (χ3v) is 1.81. The average molecular weight is 223 g/mol. The monoisotopic (exact) mass is 223 g/mol. The van der Waals surface area contributed by atoms with Crippen LogP contribution in [-0.2, 0) is 11.3 Å². The number of carbonyl (C=O) groups is 2. The molecule has 0 bridgehead atoms. The number of phenols is 1. The van der Waals surface area contributed by atoms with Crippen molar-refractivity contribution in [1.82, 2.24) is 10.6 Å². The fourth-order valence-electron chi connectivity index (χ4n) is 1.12. The van der Waals surface area contributed by atoms with Crippen molar-refractivity contribution < 1.29 is 14.7 Å². The molecule has 0 unspecified atom stereocenters. The standard InChI is InChI=1S/C10H13N3O3/c11-10(16)13-9(15)6-12-5-7-1-3-8(14)4-2-7/h1-4,12,14H,5-6H2,(H3,11,13,15,16). The molecule has 6 heteroatoms. The maximum atomic E-state index is 11.0. The van der Waals surface area contributed by atoms with Gasteiger partial charge in [-0.3, -0.25) is 10.1 Å². The van der Waals surface area contributed by atoms with E-state index in [-0.39, 0.29) is 12.3 Å². The van der Waals surface area contributed by atoms with Crippen molar-refractivity contribution in [1.29, 1.82) is 0 Å². The zero-order chi connectivity index (χ0) is 12.0. The van der Waals surface area contributed by atoms with Gasteiger partial charge in [-0.1, -0.05) is 12.1 Å². The number of phenolic OH excluding ortho intramolecular Hbond substituents is 1. The van der Waals surface area contributed by atoms with Crippen molar-refractivity contribution in [2.75, 3.05) is 6.54 Å². The molecule has 0 aromatic heterocycles. The van der Waals surface area contributed by atoms with Crippen molar-refractivity contribution in [3.05, 3.63) is 29.8 Å². The molecule has 0 spiro atoms.